The van der Waals surface area contributed by atoms with Crippen LogP contribution >= 0.6 is 0 Å². The van der Waals surface area contributed by atoms with Crippen LogP contribution in [0.4, 0.5) is 0 Å². The molecule has 1 aromatic carbocycles. The fraction of sp³-hybridized carbons (Fsp3) is 0.560. The lowest BCUT2D eigenvalue weighted by Crippen LogP contribution is -2.48. The van der Waals surface area contributed by atoms with E-state index in [0.29, 0.717) is 32.5 Å². The lowest BCUT2D eigenvalue weighted by molar-refractivity contribution is -0.182. The highest BCUT2D eigenvalue weighted by Crippen LogP contribution is 2.51. The minimum Gasteiger partial charge on any atom is -0.384 e. The average Bonchev–Trinajstić information content (AvgIpc) is 2.88. The Labute approximate surface area is 179 Å². The molecule has 1 aliphatic carbocycles. The number of fused-ring (bicyclic) bond motifs is 1. The standard InChI is InChI=1S/C25H32O5/c1-5-24(18(2)26,13-14-29-17-19-9-7-6-8-10-19)15-20-11-12-21-23(3,4)30-22(27)25(21,28)16-20/h1,6-11,21-22,27-28H,12-17H2,2-4H3/t21-,22+,24+,25+/m1/s1. The summed E-state index contributed by atoms with van der Waals surface area (Å²) in [6.45, 7) is 6.08. The molecule has 4 atom stereocenters. The van der Waals surface area contributed by atoms with Crippen LogP contribution in [-0.4, -0.2) is 40.1 Å². The van der Waals surface area contributed by atoms with Crippen molar-refractivity contribution in [3.63, 3.8) is 0 Å². The Balaban J connectivity index is 1.68. The van der Waals surface area contributed by atoms with Gasteiger partial charge in [0.15, 0.2) is 6.29 Å². The Kier molecular flexibility index (Phi) is 6.54. The van der Waals surface area contributed by atoms with E-state index in [1.807, 2.05) is 50.3 Å². The van der Waals surface area contributed by atoms with Gasteiger partial charge in [-0.2, -0.15) is 0 Å². The van der Waals surface area contributed by atoms with E-state index in [1.165, 1.54) is 6.92 Å². The average molecular weight is 413 g/mol. The summed E-state index contributed by atoms with van der Waals surface area (Å²) in [7, 11) is 0. The number of ether oxygens (including phenoxy) is 2. The van der Waals surface area contributed by atoms with Gasteiger partial charge in [-0.15, -0.1) is 6.42 Å². The summed E-state index contributed by atoms with van der Waals surface area (Å²) in [5.41, 5.74) is -1.04. The summed E-state index contributed by atoms with van der Waals surface area (Å²) in [5.74, 6) is 2.41. The molecular weight excluding hydrogens is 380 g/mol. The van der Waals surface area contributed by atoms with Crippen molar-refractivity contribution < 1.29 is 24.5 Å². The van der Waals surface area contributed by atoms with Crippen LogP contribution in [0.2, 0.25) is 0 Å². The summed E-state index contributed by atoms with van der Waals surface area (Å²) in [5, 5.41) is 21.5. The van der Waals surface area contributed by atoms with Crippen molar-refractivity contribution in [2.75, 3.05) is 6.61 Å². The third kappa shape index (κ3) is 4.38. The van der Waals surface area contributed by atoms with Gasteiger partial charge >= 0.3 is 0 Å². The lowest BCUT2D eigenvalue weighted by Gasteiger charge is -2.39. The molecule has 0 radical (unpaired) electrons. The maximum atomic E-state index is 12.5. The van der Waals surface area contributed by atoms with Gasteiger partial charge in [0.2, 0.25) is 0 Å². The first-order chi connectivity index (χ1) is 14.1. The van der Waals surface area contributed by atoms with Crippen LogP contribution < -0.4 is 0 Å². The van der Waals surface area contributed by atoms with Crippen molar-refractivity contribution in [1.29, 1.82) is 0 Å². The van der Waals surface area contributed by atoms with E-state index in [4.69, 9.17) is 15.9 Å². The van der Waals surface area contributed by atoms with E-state index in [0.717, 1.165) is 11.1 Å². The maximum absolute atomic E-state index is 12.5. The minimum atomic E-state index is -1.37. The Morgan fingerprint density at radius 1 is 1.37 bits per heavy atom. The van der Waals surface area contributed by atoms with Crippen LogP contribution in [0.1, 0.15) is 52.0 Å². The number of allylic oxidation sites excluding steroid dienone is 1. The van der Waals surface area contributed by atoms with E-state index in [-0.39, 0.29) is 18.1 Å². The molecule has 0 unspecified atom stereocenters. The smallest absolute Gasteiger partial charge is 0.185 e. The zero-order valence-electron chi connectivity index (χ0n) is 18.1. The van der Waals surface area contributed by atoms with Crippen LogP contribution in [0.5, 0.6) is 0 Å². The predicted molar refractivity (Wildman–Crippen MR) is 114 cm³/mol. The van der Waals surface area contributed by atoms with Crippen molar-refractivity contribution in [3.05, 3.63) is 47.5 Å². The Morgan fingerprint density at radius 3 is 2.70 bits per heavy atom. The second-order valence-corrected chi connectivity index (χ2v) is 9.14. The first kappa shape index (κ1) is 22.7. The van der Waals surface area contributed by atoms with E-state index in [9.17, 15) is 15.0 Å². The molecule has 1 aliphatic heterocycles. The van der Waals surface area contributed by atoms with Crippen molar-refractivity contribution in [3.8, 4) is 12.3 Å². The molecule has 5 nitrogen and oxygen atoms in total. The highest BCUT2D eigenvalue weighted by atomic mass is 16.6. The van der Waals surface area contributed by atoms with Gasteiger partial charge in [0.25, 0.3) is 0 Å². The third-order valence-electron chi connectivity index (χ3n) is 6.70. The zero-order chi connectivity index (χ0) is 22.0. The van der Waals surface area contributed by atoms with Crippen molar-refractivity contribution in [2.45, 2.75) is 70.6 Å². The number of aliphatic hydroxyl groups excluding tert-OH is 1. The topological polar surface area (TPSA) is 76.0 Å². The van der Waals surface area contributed by atoms with Crippen LogP contribution in [0.25, 0.3) is 0 Å². The summed E-state index contributed by atoms with van der Waals surface area (Å²) in [6.07, 6.45) is 8.18. The lowest BCUT2D eigenvalue weighted by atomic mass is 9.67. The second kappa shape index (κ2) is 8.64. The molecular formula is C25H32O5. The number of hydrogen-bond donors (Lipinski definition) is 2. The molecule has 0 bridgehead atoms. The molecule has 2 N–H and O–H groups in total. The fourth-order valence-corrected chi connectivity index (χ4v) is 4.81. The van der Waals surface area contributed by atoms with E-state index in [2.05, 4.69) is 5.92 Å². The number of hydrogen-bond acceptors (Lipinski definition) is 5. The van der Waals surface area contributed by atoms with Crippen LogP contribution in [0, 0.1) is 23.7 Å². The molecule has 1 heterocycles. The Hall–Kier alpha value is -1.97. The number of carbonyl (C=O) groups is 1. The number of rotatable bonds is 8. The summed E-state index contributed by atoms with van der Waals surface area (Å²) < 4.78 is 11.4. The van der Waals surface area contributed by atoms with Gasteiger partial charge < -0.3 is 19.7 Å². The number of ketones is 1. The third-order valence-corrected chi connectivity index (χ3v) is 6.70. The highest BCUT2D eigenvalue weighted by molar-refractivity contribution is 5.86. The number of Topliss-reactive ketones (excluding diaryl/α,β-unsaturated/α-hetero) is 1. The van der Waals surface area contributed by atoms with Gasteiger partial charge in [-0.05, 0) is 45.6 Å². The Morgan fingerprint density at radius 2 is 2.07 bits per heavy atom. The van der Waals surface area contributed by atoms with E-state index >= 15 is 0 Å². The monoisotopic (exact) mass is 412 g/mol. The number of benzene rings is 1. The van der Waals surface area contributed by atoms with E-state index < -0.39 is 22.9 Å². The van der Waals surface area contributed by atoms with E-state index in [1.54, 1.807) is 0 Å². The van der Waals surface area contributed by atoms with Gasteiger partial charge in [0.05, 0.1) is 17.6 Å². The molecule has 1 aromatic rings. The first-order valence-electron chi connectivity index (χ1n) is 10.5. The normalized spacial score (nSPS) is 29.4. The number of carbonyl (C=O) groups excluding carboxylic acids is 1. The molecule has 2 aliphatic rings. The predicted octanol–water partition coefficient (Wildman–Crippen LogP) is 3.39. The quantitative estimate of drug-likeness (QED) is 0.389. The Bertz CT molecular complexity index is 837. The van der Waals surface area contributed by atoms with Crippen molar-refractivity contribution >= 4 is 5.78 Å². The molecule has 1 fully saturated rings. The van der Waals surface area contributed by atoms with Gasteiger partial charge in [0.1, 0.15) is 11.4 Å². The molecule has 162 valence electrons. The molecule has 5 heteroatoms. The van der Waals surface area contributed by atoms with Gasteiger partial charge in [-0.25, -0.2) is 0 Å². The van der Waals surface area contributed by atoms with Crippen molar-refractivity contribution in [2.24, 2.45) is 11.3 Å². The molecule has 3 rings (SSSR count). The highest BCUT2D eigenvalue weighted by Gasteiger charge is 2.60. The minimum absolute atomic E-state index is 0.0909. The molecule has 0 amide bonds. The second-order valence-electron chi connectivity index (χ2n) is 9.14. The van der Waals surface area contributed by atoms with Crippen LogP contribution in [0.3, 0.4) is 0 Å². The van der Waals surface area contributed by atoms with Gasteiger partial charge in [-0.3, -0.25) is 4.79 Å². The molecule has 30 heavy (non-hydrogen) atoms. The molecule has 0 saturated carbocycles. The number of terminal acetylenes is 1. The molecule has 0 aromatic heterocycles. The maximum Gasteiger partial charge on any atom is 0.185 e. The fourth-order valence-electron chi connectivity index (χ4n) is 4.81. The summed E-state index contributed by atoms with van der Waals surface area (Å²) in [6, 6.07) is 9.83. The SMILES string of the molecule is C#C[C@](CCOCc1ccccc1)(CC1=CC[C@@H]2C(C)(C)O[C@H](O)[C@]2(O)C1)C(C)=O. The molecule has 0 spiro atoms. The van der Waals surface area contributed by atoms with Crippen molar-refractivity contribution in [1.82, 2.24) is 0 Å². The first-order valence-corrected chi connectivity index (χ1v) is 10.5. The van der Waals surface area contributed by atoms with Gasteiger partial charge in [0, 0.05) is 18.9 Å². The molecule has 1 saturated heterocycles. The zero-order valence-corrected chi connectivity index (χ0v) is 18.1. The summed E-state index contributed by atoms with van der Waals surface area (Å²) >= 11 is 0. The number of aliphatic hydroxyl groups is 2. The summed E-state index contributed by atoms with van der Waals surface area (Å²) in [4.78, 5) is 12.5. The van der Waals surface area contributed by atoms with Gasteiger partial charge in [-0.1, -0.05) is 47.9 Å². The largest absolute Gasteiger partial charge is 0.384 e. The van der Waals surface area contributed by atoms with Crippen LogP contribution in [-0.2, 0) is 20.9 Å². The van der Waals surface area contributed by atoms with Crippen LogP contribution in [0.15, 0.2) is 42.0 Å².